The summed E-state index contributed by atoms with van der Waals surface area (Å²) in [5.74, 6) is 0.431. The first-order valence-electron chi connectivity index (χ1n) is 5.88. The van der Waals surface area contributed by atoms with Gasteiger partial charge in [0.15, 0.2) is 0 Å². The van der Waals surface area contributed by atoms with Gasteiger partial charge >= 0.3 is 6.09 Å². The maximum atomic E-state index is 12.1. The molecule has 1 atom stereocenters. The van der Waals surface area contributed by atoms with Crippen LogP contribution < -0.4 is 0 Å². The molecule has 1 aliphatic heterocycles. The quantitative estimate of drug-likeness (QED) is 0.318. The van der Waals surface area contributed by atoms with Gasteiger partial charge in [-0.1, -0.05) is 51.7 Å². The number of oxime groups is 1. The van der Waals surface area contributed by atoms with Crippen molar-refractivity contribution in [2.24, 2.45) is 5.16 Å². The van der Waals surface area contributed by atoms with Gasteiger partial charge in [-0.05, 0) is 13.8 Å². The lowest BCUT2D eigenvalue weighted by atomic mass is 10.3. The van der Waals surface area contributed by atoms with E-state index in [4.69, 9.17) is 39.6 Å². The van der Waals surface area contributed by atoms with Crippen molar-refractivity contribution in [3.8, 4) is 0 Å². The number of alkyl halides is 3. The lowest BCUT2D eigenvalue weighted by Gasteiger charge is -2.31. The standard InChI is InChI=1S/C10H14Cl3N3O3S2/c1-4-16-6(2)5-20-7(8(16)17)14-19-9(18)15(3)21-10(11,12)13/h6H,4-5H2,1-3H3. The number of thioether (sulfide) groups is 1. The van der Waals surface area contributed by atoms with E-state index >= 15 is 0 Å². The summed E-state index contributed by atoms with van der Waals surface area (Å²) in [5.41, 5.74) is 0. The second-order valence-electron chi connectivity index (χ2n) is 4.04. The highest BCUT2D eigenvalue weighted by molar-refractivity contribution is 8.15. The second kappa shape index (κ2) is 8.01. The van der Waals surface area contributed by atoms with Crippen LogP contribution in [0.15, 0.2) is 5.16 Å². The highest BCUT2D eigenvalue weighted by atomic mass is 35.6. The fourth-order valence-corrected chi connectivity index (χ4v) is 3.79. The maximum Gasteiger partial charge on any atom is 0.445 e. The number of hydrogen-bond donors (Lipinski definition) is 0. The third-order valence-corrected chi connectivity index (χ3v) is 4.90. The van der Waals surface area contributed by atoms with Gasteiger partial charge in [0.1, 0.15) is 0 Å². The molecule has 11 heteroatoms. The number of rotatable bonds is 3. The van der Waals surface area contributed by atoms with E-state index in [1.165, 1.54) is 18.8 Å². The zero-order chi connectivity index (χ0) is 16.2. The Morgan fingerprint density at radius 1 is 1.62 bits per heavy atom. The fourth-order valence-electron chi connectivity index (χ4n) is 1.53. The van der Waals surface area contributed by atoms with Crippen LogP contribution in [0, 0.1) is 0 Å². The van der Waals surface area contributed by atoms with Gasteiger partial charge in [-0.15, -0.1) is 0 Å². The van der Waals surface area contributed by atoms with Crippen LogP contribution in [0.25, 0.3) is 0 Å². The topological polar surface area (TPSA) is 62.2 Å². The van der Waals surface area contributed by atoms with Crippen LogP contribution >= 0.6 is 58.5 Å². The average molecular weight is 395 g/mol. The Bertz CT molecular complexity index is 445. The molecular weight excluding hydrogens is 381 g/mol. The summed E-state index contributed by atoms with van der Waals surface area (Å²) >= 11 is 18.5. The molecule has 21 heavy (non-hydrogen) atoms. The first-order chi connectivity index (χ1) is 9.65. The molecule has 0 saturated carbocycles. The van der Waals surface area contributed by atoms with Crippen molar-refractivity contribution in [3.63, 3.8) is 0 Å². The molecule has 0 N–H and O–H groups in total. The summed E-state index contributed by atoms with van der Waals surface area (Å²) in [5, 5.41) is 3.74. The summed E-state index contributed by atoms with van der Waals surface area (Å²) in [4.78, 5) is 30.1. The molecule has 0 radical (unpaired) electrons. The van der Waals surface area contributed by atoms with E-state index in [9.17, 15) is 9.59 Å². The van der Waals surface area contributed by atoms with Gasteiger partial charge in [0, 0.05) is 37.3 Å². The Morgan fingerprint density at radius 3 is 2.76 bits per heavy atom. The molecule has 120 valence electrons. The van der Waals surface area contributed by atoms with E-state index in [2.05, 4.69) is 5.16 Å². The minimum absolute atomic E-state index is 0.116. The summed E-state index contributed by atoms with van der Waals surface area (Å²) in [6.45, 7) is 4.39. The van der Waals surface area contributed by atoms with Gasteiger partial charge in [-0.2, -0.15) is 0 Å². The summed E-state index contributed by atoms with van der Waals surface area (Å²) in [6, 6.07) is 0.116. The number of halogens is 3. The molecule has 6 nitrogen and oxygen atoms in total. The molecule has 0 aliphatic carbocycles. The van der Waals surface area contributed by atoms with Crippen LogP contribution in [-0.4, -0.2) is 54.8 Å². The number of carbonyl (C=O) groups excluding carboxylic acids is 2. The fraction of sp³-hybridized carbons (Fsp3) is 0.700. The first kappa shape index (κ1) is 19.0. The minimum atomic E-state index is -1.69. The zero-order valence-corrected chi connectivity index (χ0v) is 15.4. The van der Waals surface area contributed by atoms with Crippen LogP contribution in [0.1, 0.15) is 13.8 Å². The Morgan fingerprint density at radius 2 is 2.24 bits per heavy atom. The van der Waals surface area contributed by atoms with E-state index in [0.717, 1.165) is 4.31 Å². The lowest BCUT2D eigenvalue weighted by Crippen LogP contribution is -2.47. The van der Waals surface area contributed by atoms with E-state index in [1.807, 2.05) is 13.8 Å². The van der Waals surface area contributed by atoms with E-state index < -0.39 is 9.22 Å². The van der Waals surface area contributed by atoms with Gasteiger partial charge in [0.25, 0.3) is 9.03 Å². The molecule has 2 amide bonds. The van der Waals surface area contributed by atoms with E-state index in [1.54, 1.807) is 4.90 Å². The van der Waals surface area contributed by atoms with Crippen molar-refractivity contribution < 1.29 is 14.4 Å². The van der Waals surface area contributed by atoms with Gasteiger partial charge in [-0.3, -0.25) is 9.63 Å². The van der Waals surface area contributed by atoms with E-state index in [0.29, 0.717) is 24.2 Å². The van der Waals surface area contributed by atoms with Crippen molar-refractivity contribution in [2.45, 2.75) is 23.0 Å². The van der Waals surface area contributed by atoms with Crippen LogP contribution in [0.2, 0.25) is 0 Å². The molecule has 1 unspecified atom stereocenters. The lowest BCUT2D eigenvalue weighted by molar-refractivity contribution is -0.125. The third-order valence-electron chi connectivity index (χ3n) is 2.48. The van der Waals surface area contributed by atoms with Gasteiger partial charge < -0.3 is 4.90 Å². The summed E-state index contributed by atoms with van der Waals surface area (Å²) in [7, 11) is 1.37. The molecule has 0 aromatic heterocycles. The van der Waals surface area contributed by atoms with Gasteiger partial charge in [0.2, 0.25) is 5.04 Å². The highest BCUT2D eigenvalue weighted by Crippen LogP contribution is 2.40. The van der Waals surface area contributed by atoms with Crippen LogP contribution in [0.4, 0.5) is 4.79 Å². The predicted octanol–water partition coefficient (Wildman–Crippen LogP) is 3.33. The number of carbonyl (C=O) groups is 2. The SMILES string of the molecule is CCN1C(=O)C(=NOC(=O)N(C)SC(Cl)(Cl)Cl)SCC1C. The van der Waals surface area contributed by atoms with Crippen molar-refractivity contribution in [1.82, 2.24) is 9.21 Å². The van der Waals surface area contributed by atoms with Crippen molar-refractivity contribution in [3.05, 3.63) is 0 Å². The highest BCUT2D eigenvalue weighted by Gasteiger charge is 2.31. The third kappa shape index (κ3) is 5.94. The molecule has 0 spiro atoms. The number of hydrogen-bond acceptors (Lipinski definition) is 6. The van der Waals surface area contributed by atoms with Gasteiger partial charge in [0.05, 0.1) is 0 Å². The molecule has 1 aliphatic rings. The number of nitrogens with zero attached hydrogens (tertiary/aromatic N) is 3. The Kier molecular flexibility index (Phi) is 7.26. The van der Waals surface area contributed by atoms with Crippen molar-refractivity contribution in [1.29, 1.82) is 0 Å². The molecule has 1 rings (SSSR count). The largest absolute Gasteiger partial charge is 0.445 e. The summed E-state index contributed by atoms with van der Waals surface area (Å²) < 4.78 is -0.708. The molecule has 1 fully saturated rings. The van der Waals surface area contributed by atoms with Crippen molar-refractivity contribution in [2.75, 3.05) is 19.3 Å². The van der Waals surface area contributed by atoms with E-state index in [-0.39, 0.29) is 17.0 Å². The smallest absolute Gasteiger partial charge is 0.333 e. The molecular formula is C10H14Cl3N3O3S2. The molecule has 0 bridgehead atoms. The monoisotopic (exact) mass is 393 g/mol. The van der Waals surface area contributed by atoms with Crippen LogP contribution in [0.5, 0.6) is 0 Å². The normalized spacial score (nSPS) is 21.6. The Hall–Kier alpha value is -0.0200. The van der Waals surface area contributed by atoms with Crippen LogP contribution in [-0.2, 0) is 9.63 Å². The predicted molar refractivity (Wildman–Crippen MR) is 88.9 cm³/mol. The zero-order valence-electron chi connectivity index (χ0n) is 11.5. The maximum absolute atomic E-state index is 12.1. The van der Waals surface area contributed by atoms with Crippen LogP contribution in [0.3, 0.4) is 0 Å². The summed E-state index contributed by atoms with van der Waals surface area (Å²) in [6.07, 6.45) is -0.839. The number of amides is 2. The van der Waals surface area contributed by atoms with Crippen molar-refractivity contribution >= 4 is 75.6 Å². The minimum Gasteiger partial charge on any atom is -0.333 e. The second-order valence-corrected chi connectivity index (χ2v) is 9.34. The first-order valence-corrected chi connectivity index (χ1v) is 8.77. The molecule has 1 heterocycles. The van der Waals surface area contributed by atoms with Gasteiger partial charge in [-0.25, -0.2) is 9.10 Å². The molecule has 1 saturated heterocycles. The Balaban J connectivity index is 2.64. The Labute approximate surface area is 146 Å². The molecule has 0 aromatic rings. The average Bonchev–Trinajstić information content (AvgIpc) is 2.36. The molecule has 0 aromatic carbocycles.